The largest absolute Gasteiger partial charge is 0.397 e. The molecule has 1 fully saturated rings. The molecule has 1 amide bonds. The second kappa shape index (κ2) is 6.13. The topological polar surface area (TPSA) is 98.7 Å². The summed E-state index contributed by atoms with van der Waals surface area (Å²) in [5.74, 6) is 0.567. The Morgan fingerprint density at radius 3 is 3.00 bits per heavy atom. The molecule has 1 aromatic heterocycles. The Morgan fingerprint density at radius 2 is 2.24 bits per heavy atom. The number of hydrogen-bond acceptors (Lipinski definition) is 6. The van der Waals surface area contributed by atoms with E-state index in [-0.39, 0.29) is 5.91 Å². The number of tetrazole rings is 1. The lowest BCUT2D eigenvalue weighted by Gasteiger charge is -2.07. The molecule has 8 heteroatoms. The number of benzene rings is 1. The van der Waals surface area contributed by atoms with E-state index in [0.717, 1.165) is 18.0 Å². The molecular formula is C13H16N6OS. The van der Waals surface area contributed by atoms with Crippen molar-refractivity contribution >= 4 is 29.0 Å². The number of thioether (sulfide) groups is 1. The minimum atomic E-state index is -0.0640. The zero-order valence-corrected chi connectivity index (χ0v) is 12.2. The van der Waals surface area contributed by atoms with Crippen LogP contribution in [0, 0.1) is 0 Å². The van der Waals surface area contributed by atoms with Gasteiger partial charge in [-0.3, -0.25) is 4.79 Å². The third kappa shape index (κ3) is 3.52. The number of nitrogens with two attached hydrogens (primary N) is 1. The Hall–Kier alpha value is -2.09. The summed E-state index contributed by atoms with van der Waals surface area (Å²) in [4.78, 5) is 11.9. The predicted molar refractivity (Wildman–Crippen MR) is 80.9 cm³/mol. The Bertz CT molecular complexity index is 639. The van der Waals surface area contributed by atoms with E-state index < -0.39 is 0 Å². The van der Waals surface area contributed by atoms with Gasteiger partial charge in [0.25, 0.3) is 0 Å². The molecule has 110 valence electrons. The number of carbonyl (C=O) groups is 1. The average Bonchev–Trinajstić information content (AvgIpc) is 3.21. The maximum atomic E-state index is 11.9. The molecule has 3 rings (SSSR count). The molecule has 7 nitrogen and oxygen atoms in total. The van der Waals surface area contributed by atoms with Gasteiger partial charge in [-0.25, -0.2) is 4.68 Å². The maximum absolute atomic E-state index is 11.9. The van der Waals surface area contributed by atoms with Gasteiger partial charge < -0.3 is 11.1 Å². The van der Waals surface area contributed by atoms with Crippen molar-refractivity contribution in [3.8, 4) is 0 Å². The van der Waals surface area contributed by atoms with Crippen LogP contribution in [0.15, 0.2) is 29.4 Å². The van der Waals surface area contributed by atoms with E-state index in [4.69, 9.17) is 5.73 Å². The fourth-order valence-electron chi connectivity index (χ4n) is 1.89. The number of anilines is 2. The summed E-state index contributed by atoms with van der Waals surface area (Å²) in [6, 6.07) is 7.66. The molecule has 0 saturated heterocycles. The van der Waals surface area contributed by atoms with Gasteiger partial charge in [0.15, 0.2) is 0 Å². The van der Waals surface area contributed by atoms with Gasteiger partial charge in [-0.1, -0.05) is 23.9 Å². The van der Waals surface area contributed by atoms with Crippen LogP contribution in [0.5, 0.6) is 0 Å². The van der Waals surface area contributed by atoms with E-state index >= 15 is 0 Å². The molecule has 0 aliphatic heterocycles. The lowest BCUT2D eigenvalue weighted by molar-refractivity contribution is -0.115. The highest BCUT2D eigenvalue weighted by Gasteiger charge is 2.27. The second-order valence-electron chi connectivity index (χ2n) is 4.87. The Kier molecular flexibility index (Phi) is 4.05. The summed E-state index contributed by atoms with van der Waals surface area (Å²) in [6.45, 7) is 0. The van der Waals surface area contributed by atoms with Gasteiger partial charge >= 0.3 is 0 Å². The highest BCUT2D eigenvalue weighted by atomic mass is 32.2. The molecule has 0 atom stereocenters. The first kappa shape index (κ1) is 13.9. The number of rotatable bonds is 6. The lowest BCUT2D eigenvalue weighted by atomic mass is 10.2. The smallest absolute Gasteiger partial charge is 0.225 e. The molecule has 1 heterocycles. The van der Waals surface area contributed by atoms with E-state index in [1.54, 1.807) is 12.1 Å². The molecule has 21 heavy (non-hydrogen) atoms. The lowest BCUT2D eigenvalue weighted by Crippen LogP contribution is -2.13. The van der Waals surface area contributed by atoms with Gasteiger partial charge in [-0.2, -0.15) is 0 Å². The van der Waals surface area contributed by atoms with Crippen molar-refractivity contribution in [2.24, 2.45) is 0 Å². The number of nitrogens with one attached hydrogen (secondary N) is 1. The molecule has 1 aromatic carbocycles. The summed E-state index contributed by atoms with van der Waals surface area (Å²) < 4.78 is 1.84. The van der Waals surface area contributed by atoms with Crippen LogP contribution in [0.1, 0.15) is 25.3 Å². The number of para-hydroxylation sites is 2. The van der Waals surface area contributed by atoms with Crippen LogP contribution < -0.4 is 11.1 Å². The zero-order chi connectivity index (χ0) is 14.7. The first-order valence-corrected chi connectivity index (χ1v) is 7.77. The third-order valence-electron chi connectivity index (χ3n) is 3.15. The number of aromatic nitrogens is 4. The van der Waals surface area contributed by atoms with Crippen molar-refractivity contribution in [2.45, 2.75) is 30.5 Å². The summed E-state index contributed by atoms with van der Waals surface area (Å²) in [7, 11) is 0. The van der Waals surface area contributed by atoms with Crippen molar-refractivity contribution < 1.29 is 4.79 Å². The fourth-order valence-corrected chi connectivity index (χ4v) is 2.77. The van der Waals surface area contributed by atoms with Crippen LogP contribution in [0.25, 0.3) is 0 Å². The van der Waals surface area contributed by atoms with Gasteiger partial charge in [-0.15, -0.1) is 5.10 Å². The molecule has 0 spiro atoms. The second-order valence-corrected chi connectivity index (χ2v) is 5.93. The molecule has 0 bridgehead atoms. The van der Waals surface area contributed by atoms with Crippen LogP contribution >= 0.6 is 11.8 Å². The first-order valence-electron chi connectivity index (χ1n) is 6.79. The molecule has 3 N–H and O–H groups in total. The highest BCUT2D eigenvalue weighted by molar-refractivity contribution is 7.99. The van der Waals surface area contributed by atoms with E-state index in [9.17, 15) is 4.79 Å². The summed E-state index contributed by atoms with van der Waals surface area (Å²) in [6.07, 6.45) is 2.65. The van der Waals surface area contributed by atoms with Crippen molar-refractivity contribution in [3.63, 3.8) is 0 Å². The molecule has 0 radical (unpaired) electrons. The van der Waals surface area contributed by atoms with Gasteiger partial charge in [0.2, 0.25) is 11.1 Å². The van der Waals surface area contributed by atoms with Crippen molar-refractivity contribution in [3.05, 3.63) is 24.3 Å². The van der Waals surface area contributed by atoms with E-state index in [1.807, 2.05) is 16.8 Å². The quantitative estimate of drug-likeness (QED) is 0.622. The van der Waals surface area contributed by atoms with E-state index in [2.05, 4.69) is 20.8 Å². The minimum absolute atomic E-state index is 0.0640. The Labute approximate surface area is 126 Å². The minimum Gasteiger partial charge on any atom is -0.397 e. The van der Waals surface area contributed by atoms with Crippen molar-refractivity contribution in [1.82, 2.24) is 20.2 Å². The Morgan fingerprint density at radius 1 is 1.43 bits per heavy atom. The molecule has 1 aliphatic carbocycles. The van der Waals surface area contributed by atoms with Crippen LogP contribution in [-0.4, -0.2) is 31.9 Å². The molecule has 2 aromatic rings. The van der Waals surface area contributed by atoms with Crippen LogP contribution in [0.2, 0.25) is 0 Å². The monoisotopic (exact) mass is 304 g/mol. The van der Waals surface area contributed by atoms with E-state index in [0.29, 0.717) is 29.6 Å². The number of hydrogen-bond donors (Lipinski definition) is 2. The number of nitrogen functional groups attached to an aromatic ring is 1. The zero-order valence-electron chi connectivity index (χ0n) is 11.4. The van der Waals surface area contributed by atoms with Crippen LogP contribution in [0.3, 0.4) is 0 Å². The van der Waals surface area contributed by atoms with Crippen molar-refractivity contribution in [1.29, 1.82) is 0 Å². The molecule has 1 aliphatic rings. The standard InChI is InChI=1S/C13H16N6OS/c14-10-3-1-2-4-11(10)15-12(20)7-8-21-13-16-17-18-19(13)9-5-6-9/h1-4,9H,5-8,14H2,(H,15,20). The number of nitrogens with zero attached hydrogens (tertiary/aromatic N) is 4. The Balaban J connectivity index is 1.48. The van der Waals surface area contributed by atoms with Crippen LogP contribution in [0.4, 0.5) is 11.4 Å². The fraction of sp³-hybridized carbons (Fsp3) is 0.385. The predicted octanol–water partition coefficient (Wildman–Crippen LogP) is 1.71. The molecular weight excluding hydrogens is 288 g/mol. The maximum Gasteiger partial charge on any atom is 0.225 e. The van der Waals surface area contributed by atoms with E-state index in [1.165, 1.54) is 11.8 Å². The van der Waals surface area contributed by atoms with Gasteiger partial charge in [0.05, 0.1) is 17.4 Å². The van der Waals surface area contributed by atoms with Crippen molar-refractivity contribution in [2.75, 3.05) is 16.8 Å². The molecule has 1 saturated carbocycles. The summed E-state index contributed by atoms with van der Waals surface area (Å²) in [5.41, 5.74) is 7.00. The summed E-state index contributed by atoms with van der Waals surface area (Å²) >= 11 is 1.50. The SMILES string of the molecule is Nc1ccccc1NC(=O)CCSc1nnnn1C1CC1. The average molecular weight is 304 g/mol. The third-order valence-corrected chi connectivity index (χ3v) is 4.09. The molecule has 0 unspecified atom stereocenters. The van der Waals surface area contributed by atoms with Gasteiger partial charge in [0, 0.05) is 12.2 Å². The number of amides is 1. The van der Waals surface area contributed by atoms with Crippen LogP contribution in [-0.2, 0) is 4.79 Å². The first-order chi connectivity index (χ1) is 10.2. The highest BCUT2D eigenvalue weighted by Crippen LogP contribution is 2.36. The van der Waals surface area contributed by atoms with Gasteiger partial charge in [0.1, 0.15) is 0 Å². The summed E-state index contributed by atoms with van der Waals surface area (Å²) in [5, 5.41) is 15.2. The normalized spacial score (nSPS) is 14.1. The number of carbonyl (C=O) groups excluding carboxylic acids is 1. The van der Waals surface area contributed by atoms with Gasteiger partial charge in [-0.05, 0) is 35.4 Å².